The van der Waals surface area contributed by atoms with E-state index in [1.165, 1.54) is 45.1 Å². The predicted octanol–water partition coefficient (Wildman–Crippen LogP) is 1.50. The number of piperidine rings is 1. The Labute approximate surface area is 81.3 Å². The van der Waals surface area contributed by atoms with Crippen LogP contribution >= 0.6 is 0 Å². The first-order valence-corrected chi connectivity index (χ1v) is 5.85. The molecule has 1 aliphatic heterocycles. The van der Waals surface area contributed by atoms with Crippen molar-refractivity contribution in [2.75, 3.05) is 13.1 Å². The maximum atomic E-state index is 5.82. The van der Waals surface area contributed by atoms with Crippen LogP contribution in [0.3, 0.4) is 0 Å². The molecule has 0 aromatic rings. The van der Waals surface area contributed by atoms with Gasteiger partial charge in [-0.05, 0) is 50.6 Å². The smallest absolute Gasteiger partial charge is 0.0136 e. The van der Waals surface area contributed by atoms with E-state index in [1.54, 1.807) is 0 Å². The summed E-state index contributed by atoms with van der Waals surface area (Å²) in [7, 11) is 0. The zero-order valence-corrected chi connectivity index (χ0v) is 8.47. The van der Waals surface area contributed by atoms with E-state index in [0.29, 0.717) is 0 Å². The largest absolute Gasteiger partial charge is 0.330 e. The molecule has 2 aliphatic rings. The summed E-state index contributed by atoms with van der Waals surface area (Å²) in [6, 6.07) is 0.751. The Morgan fingerprint density at radius 2 is 1.85 bits per heavy atom. The van der Waals surface area contributed by atoms with Crippen LogP contribution in [0, 0.1) is 11.8 Å². The fourth-order valence-electron chi connectivity index (χ4n) is 3.11. The fourth-order valence-corrected chi connectivity index (χ4v) is 3.11. The first-order chi connectivity index (χ1) is 6.42. The monoisotopic (exact) mass is 182 g/mol. The summed E-state index contributed by atoms with van der Waals surface area (Å²) in [6.45, 7) is 2.10. The lowest BCUT2D eigenvalue weighted by atomic mass is 9.82. The SMILES string of the molecule is NC[C@H]1CCCN[C@@H]1C1CCCC1. The highest BCUT2D eigenvalue weighted by atomic mass is 14.9. The number of nitrogens with one attached hydrogen (secondary N) is 1. The lowest BCUT2D eigenvalue weighted by Crippen LogP contribution is -2.48. The van der Waals surface area contributed by atoms with Gasteiger partial charge in [-0.15, -0.1) is 0 Å². The molecule has 13 heavy (non-hydrogen) atoms. The van der Waals surface area contributed by atoms with Crippen LogP contribution in [0.15, 0.2) is 0 Å². The molecule has 3 N–H and O–H groups in total. The minimum atomic E-state index is 0.751. The second-order valence-corrected chi connectivity index (χ2v) is 4.66. The Balaban J connectivity index is 1.93. The summed E-state index contributed by atoms with van der Waals surface area (Å²) in [5.41, 5.74) is 5.82. The molecule has 76 valence electrons. The van der Waals surface area contributed by atoms with Gasteiger partial charge in [0.1, 0.15) is 0 Å². The van der Waals surface area contributed by atoms with Gasteiger partial charge in [0, 0.05) is 6.04 Å². The third-order valence-electron chi connectivity index (χ3n) is 3.85. The van der Waals surface area contributed by atoms with Gasteiger partial charge in [-0.2, -0.15) is 0 Å². The summed E-state index contributed by atoms with van der Waals surface area (Å²) in [5, 5.41) is 3.68. The van der Waals surface area contributed by atoms with Gasteiger partial charge in [-0.1, -0.05) is 12.8 Å². The number of hydrogen-bond donors (Lipinski definition) is 2. The van der Waals surface area contributed by atoms with Gasteiger partial charge in [-0.3, -0.25) is 0 Å². The first kappa shape index (κ1) is 9.47. The Morgan fingerprint density at radius 3 is 2.54 bits per heavy atom. The van der Waals surface area contributed by atoms with Gasteiger partial charge >= 0.3 is 0 Å². The lowest BCUT2D eigenvalue weighted by molar-refractivity contribution is 0.214. The standard InChI is InChI=1S/C11H22N2/c12-8-10-6-3-7-13-11(10)9-4-1-2-5-9/h9-11,13H,1-8,12H2/t10-,11-/m1/s1. The molecule has 0 aromatic heterocycles. The minimum Gasteiger partial charge on any atom is -0.330 e. The molecule has 1 saturated heterocycles. The highest BCUT2D eigenvalue weighted by molar-refractivity contribution is 4.89. The zero-order valence-electron chi connectivity index (χ0n) is 8.47. The highest BCUT2D eigenvalue weighted by Gasteiger charge is 2.32. The molecule has 0 radical (unpaired) electrons. The van der Waals surface area contributed by atoms with Crippen molar-refractivity contribution < 1.29 is 0 Å². The average molecular weight is 182 g/mol. The van der Waals surface area contributed by atoms with Crippen LogP contribution in [0.1, 0.15) is 38.5 Å². The van der Waals surface area contributed by atoms with Crippen molar-refractivity contribution in [1.82, 2.24) is 5.32 Å². The molecule has 2 rings (SSSR count). The fraction of sp³-hybridized carbons (Fsp3) is 1.00. The van der Waals surface area contributed by atoms with Gasteiger partial charge < -0.3 is 11.1 Å². The molecule has 2 fully saturated rings. The summed E-state index contributed by atoms with van der Waals surface area (Å²) in [5.74, 6) is 1.70. The average Bonchev–Trinajstić information content (AvgIpc) is 2.70. The summed E-state index contributed by atoms with van der Waals surface area (Å²) >= 11 is 0. The van der Waals surface area contributed by atoms with Crippen LogP contribution in [0.5, 0.6) is 0 Å². The molecule has 2 heteroatoms. The first-order valence-electron chi connectivity index (χ1n) is 5.85. The summed E-state index contributed by atoms with van der Waals surface area (Å²) in [4.78, 5) is 0. The van der Waals surface area contributed by atoms with E-state index in [4.69, 9.17) is 5.73 Å². The molecule has 0 bridgehead atoms. The van der Waals surface area contributed by atoms with Crippen molar-refractivity contribution in [3.63, 3.8) is 0 Å². The van der Waals surface area contributed by atoms with Crippen LogP contribution in [0.25, 0.3) is 0 Å². The van der Waals surface area contributed by atoms with Crippen molar-refractivity contribution in [2.24, 2.45) is 17.6 Å². The molecule has 0 spiro atoms. The Kier molecular flexibility index (Phi) is 3.23. The van der Waals surface area contributed by atoms with E-state index in [1.807, 2.05) is 0 Å². The summed E-state index contributed by atoms with van der Waals surface area (Å²) < 4.78 is 0. The van der Waals surface area contributed by atoms with Crippen molar-refractivity contribution in [3.05, 3.63) is 0 Å². The van der Waals surface area contributed by atoms with Gasteiger partial charge in [0.2, 0.25) is 0 Å². The molecule has 1 heterocycles. The van der Waals surface area contributed by atoms with Crippen LogP contribution in [-0.4, -0.2) is 19.1 Å². The second kappa shape index (κ2) is 4.43. The van der Waals surface area contributed by atoms with Crippen LogP contribution in [0.4, 0.5) is 0 Å². The highest BCUT2D eigenvalue weighted by Crippen LogP contribution is 2.33. The van der Waals surface area contributed by atoms with Gasteiger partial charge in [0.15, 0.2) is 0 Å². The van der Waals surface area contributed by atoms with Crippen molar-refractivity contribution >= 4 is 0 Å². The van der Waals surface area contributed by atoms with E-state index in [-0.39, 0.29) is 0 Å². The topological polar surface area (TPSA) is 38.0 Å². The van der Waals surface area contributed by atoms with Gasteiger partial charge in [-0.25, -0.2) is 0 Å². The number of hydrogen-bond acceptors (Lipinski definition) is 2. The van der Waals surface area contributed by atoms with Gasteiger partial charge in [0.25, 0.3) is 0 Å². The lowest BCUT2D eigenvalue weighted by Gasteiger charge is -2.36. The molecule has 2 nitrogen and oxygen atoms in total. The molecule has 2 atom stereocenters. The van der Waals surface area contributed by atoms with Crippen LogP contribution < -0.4 is 11.1 Å². The second-order valence-electron chi connectivity index (χ2n) is 4.66. The maximum absolute atomic E-state index is 5.82. The van der Waals surface area contributed by atoms with E-state index >= 15 is 0 Å². The van der Waals surface area contributed by atoms with Crippen molar-refractivity contribution in [2.45, 2.75) is 44.6 Å². The van der Waals surface area contributed by atoms with Crippen molar-refractivity contribution in [3.8, 4) is 0 Å². The third-order valence-corrected chi connectivity index (χ3v) is 3.85. The Morgan fingerprint density at radius 1 is 1.08 bits per heavy atom. The molecule has 1 saturated carbocycles. The molecular weight excluding hydrogens is 160 g/mol. The van der Waals surface area contributed by atoms with Crippen LogP contribution in [0.2, 0.25) is 0 Å². The molecular formula is C11H22N2. The Hall–Kier alpha value is -0.0800. The maximum Gasteiger partial charge on any atom is 0.0136 e. The third kappa shape index (κ3) is 2.05. The minimum absolute atomic E-state index is 0.751. The molecule has 0 aromatic carbocycles. The van der Waals surface area contributed by atoms with E-state index < -0.39 is 0 Å². The van der Waals surface area contributed by atoms with E-state index in [0.717, 1.165) is 24.4 Å². The normalized spacial score (nSPS) is 36.7. The number of rotatable bonds is 2. The van der Waals surface area contributed by atoms with E-state index in [9.17, 15) is 0 Å². The number of nitrogens with two attached hydrogens (primary N) is 1. The molecule has 0 unspecified atom stereocenters. The molecule has 0 amide bonds. The zero-order chi connectivity index (χ0) is 9.10. The quantitative estimate of drug-likeness (QED) is 0.679. The van der Waals surface area contributed by atoms with Gasteiger partial charge in [0.05, 0.1) is 0 Å². The van der Waals surface area contributed by atoms with Crippen LogP contribution in [-0.2, 0) is 0 Å². The van der Waals surface area contributed by atoms with E-state index in [2.05, 4.69) is 5.32 Å². The summed E-state index contributed by atoms with van der Waals surface area (Å²) in [6.07, 6.45) is 8.44. The Bertz CT molecular complexity index is 150. The predicted molar refractivity (Wildman–Crippen MR) is 55.5 cm³/mol. The molecule has 1 aliphatic carbocycles. The van der Waals surface area contributed by atoms with Crippen molar-refractivity contribution in [1.29, 1.82) is 0 Å².